The molecular weight excluding hydrogens is 200 g/mol. The van der Waals surface area contributed by atoms with Crippen LogP contribution in [0.2, 0.25) is 0 Å². The Morgan fingerprint density at radius 1 is 1.31 bits per heavy atom. The summed E-state index contributed by atoms with van der Waals surface area (Å²) in [4.78, 5) is 14.4. The van der Waals surface area contributed by atoms with Crippen LogP contribution in [0.15, 0.2) is 0 Å². The van der Waals surface area contributed by atoms with Crippen molar-refractivity contribution in [2.24, 2.45) is 5.92 Å². The van der Waals surface area contributed by atoms with Gasteiger partial charge in [-0.3, -0.25) is 4.79 Å². The molecule has 2 fully saturated rings. The molecule has 1 N–H and O–H groups in total. The average Bonchev–Trinajstić information content (AvgIpc) is 2.75. The summed E-state index contributed by atoms with van der Waals surface area (Å²) in [5.41, 5.74) is 0. The topological polar surface area (TPSA) is 32.3 Å². The fourth-order valence-corrected chi connectivity index (χ4v) is 3.18. The van der Waals surface area contributed by atoms with E-state index in [1.54, 1.807) is 0 Å². The third kappa shape index (κ3) is 2.24. The zero-order valence-electron chi connectivity index (χ0n) is 10.7. The molecule has 2 rings (SSSR count). The second-order valence-electron chi connectivity index (χ2n) is 5.67. The molecule has 3 unspecified atom stereocenters. The lowest BCUT2D eigenvalue weighted by Crippen LogP contribution is -2.45. The first-order chi connectivity index (χ1) is 7.59. The fourth-order valence-electron chi connectivity index (χ4n) is 3.18. The van der Waals surface area contributed by atoms with Gasteiger partial charge in [0.25, 0.3) is 0 Å². The lowest BCUT2D eigenvalue weighted by atomic mass is 10.1. The number of amides is 1. The Bertz CT molecular complexity index is 265. The molecule has 2 aliphatic rings. The Hall–Kier alpha value is -0.570. The van der Waals surface area contributed by atoms with E-state index in [1.807, 2.05) is 0 Å². The third-order valence-corrected chi connectivity index (χ3v) is 3.99. The van der Waals surface area contributed by atoms with Crippen LogP contribution in [-0.4, -0.2) is 35.5 Å². The molecule has 0 radical (unpaired) electrons. The highest BCUT2D eigenvalue weighted by Crippen LogP contribution is 2.32. The van der Waals surface area contributed by atoms with Gasteiger partial charge in [-0.25, -0.2) is 0 Å². The van der Waals surface area contributed by atoms with E-state index >= 15 is 0 Å². The van der Waals surface area contributed by atoms with Crippen molar-refractivity contribution < 1.29 is 4.79 Å². The largest absolute Gasteiger partial charge is 0.338 e. The van der Waals surface area contributed by atoms with Gasteiger partial charge in [0.05, 0.1) is 6.04 Å². The van der Waals surface area contributed by atoms with Crippen molar-refractivity contribution in [3.63, 3.8) is 0 Å². The van der Waals surface area contributed by atoms with Crippen LogP contribution in [0.1, 0.15) is 46.5 Å². The monoisotopic (exact) mass is 224 g/mol. The number of carbonyl (C=O) groups is 1. The molecule has 1 saturated carbocycles. The van der Waals surface area contributed by atoms with E-state index in [0.717, 1.165) is 13.0 Å². The van der Waals surface area contributed by atoms with E-state index in [4.69, 9.17) is 0 Å². The summed E-state index contributed by atoms with van der Waals surface area (Å²) in [5.74, 6) is 1.04. The Labute approximate surface area is 98.6 Å². The van der Waals surface area contributed by atoms with E-state index in [2.05, 4.69) is 31.0 Å². The molecule has 3 heteroatoms. The number of carbonyl (C=O) groups excluding carboxylic acids is 1. The first-order valence-corrected chi connectivity index (χ1v) is 6.66. The van der Waals surface area contributed by atoms with Gasteiger partial charge in [0.2, 0.25) is 5.91 Å². The molecule has 0 aromatic rings. The third-order valence-electron chi connectivity index (χ3n) is 3.99. The molecule has 1 heterocycles. The molecule has 1 aliphatic carbocycles. The predicted molar refractivity (Wildman–Crippen MR) is 65.2 cm³/mol. The fraction of sp³-hybridized carbons (Fsp3) is 0.923. The molecule has 16 heavy (non-hydrogen) atoms. The Kier molecular flexibility index (Phi) is 3.53. The molecule has 3 nitrogen and oxygen atoms in total. The lowest BCUT2D eigenvalue weighted by molar-refractivity contribution is -0.132. The SMILES string of the molecule is CC(C)NC1CCN(C2CCCC2C)C1=O. The zero-order valence-corrected chi connectivity index (χ0v) is 10.7. The molecule has 1 saturated heterocycles. The van der Waals surface area contributed by atoms with Gasteiger partial charge in [-0.2, -0.15) is 0 Å². The normalized spacial score (nSPS) is 35.4. The van der Waals surface area contributed by atoms with Gasteiger partial charge in [0, 0.05) is 18.6 Å². The first-order valence-electron chi connectivity index (χ1n) is 6.66. The minimum atomic E-state index is 0.0767. The van der Waals surface area contributed by atoms with E-state index < -0.39 is 0 Å². The van der Waals surface area contributed by atoms with Crippen LogP contribution in [0.25, 0.3) is 0 Å². The average molecular weight is 224 g/mol. The zero-order chi connectivity index (χ0) is 11.7. The summed E-state index contributed by atoms with van der Waals surface area (Å²) < 4.78 is 0. The molecule has 1 aliphatic heterocycles. The van der Waals surface area contributed by atoms with Crippen LogP contribution in [0.4, 0.5) is 0 Å². The highest BCUT2D eigenvalue weighted by atomic mass is 16.2. The number of rotatable bonds is 3. The van der Waals surface area contributed by atoms with Crippen molar-refractivity contribution in [3.8, 4) is 0 Å². The van der Waals surface area contributed by atoms with Gasteiger partial charge in [-0.1, -0.05) is 27.2 Å². The van der Waals surface area contributed by atoms with Crippen molar-refractivity contribution >= 4 is 5.91 Å². The predicted octanol–water partition coefficient (Wildman–Crippen LogP) is 1.77. The summed E-state index contributed by atoms with van der Waals surface area (Å²) >= 11 is 0. The summed E-state index contributed by atoms with van der Waals surface area (Å²) in [6.07, 6.45) is 4.77. The van der Waals surface area contributed by atoms with E-state index in [1.165, 1.54) is 19.3 Å². The molecule has 3 atom stereocenters. The summed E-state index contributed by atoms with van der Waals surface area (Å²) in [5, 5.41) is 3.37. The van der Waals surface area contributed by atoms with Crippen molar-refractivity contribution in [1.82, 2.24) is 10.2 Å². The smallest absolute Gasteiger partial charge is 0.240 e. The summed E-state index contributed by atoms with van der Waals surface area (Å²) in [7, 11) is 0. The van der Waals surface area contributed by atoms with Gasteiger partial charge < -0.3 is 10.2 Å². The van der Waals surface area contributed by atoms with Crippen LogP contribution in [0, 0.1) is 5.92 Å². The maximum atomic E-state index is 12.2. The highest BCUT2D eigenvalue weighted by Gasteiger charge is 2.39. The van der Waals surface area contributed by atoms with Gasteiger partial charge in [-0.05, 0) is 25.2 Å². The second-order valence-corrected chi connectivity index (χ2v) is 5.67. The molecule has 92 valence electrons. The number of hydrogen-bond acceptors (Lipinski definition) is 2. The van der Waals surface area contributed by atoms with Crippen molar-refractivity contribution in [3.05, 3.63) is 0 Å². The summed E-state index contributed by atoms with van der Waals surface area (Å²) in [6.45, 7) is 7.45. The highest BCUT2D eigenvalue weighted by molar-refractivity contribution is 5.84. The molecular formula is C13H24N2O. The van der Waals surface area contributed by atoms with Crippen molar-refractivity contribution in [1.29, 1.82) is 0 Å². The first kappa shape index (κ1) is 11.9. The minimum absolute atomic E-state index is 0.0767. The number of hydrogen-bond donors (Lipinski definition) is 1. The van der Waals surface area contributed by atoms with E-state index in [-0.39, 0.29) is 6.04 Å². The Balaban J connectivity index is 1.96. The van der Waals surface area contributed by atoms with Crippen molar-refractivity contribution in [2.45, 2.75) is 64.6 Å². The van der Waals surface area contributed by atoms with Gasteiger partial charge in [0.15, 0.2) is 0 Å². The molecule has 0 spiro atoms. The van der Waals surface area contributed by atoms with Crippen molar-refractivity contribution in [2.75, 3.05) is 6.54 Å². The molecule has 0 aromatic carbocycles. The van der Waals surface area contributed by atoms with Crippen LogP contribution >= 0.6 is 0 Å². The van der Waals surface area contributed by atoms with Crippen LogP contribution in [-0.2, 0) is 4.79 Å². The molecule has 1 amide bonds. The number of nitrogens with one attached hydrogen (secondary N) is 1. The second kappa shape index (κ2) is 4.74. The lowest BCUT2D eigenvalue weighted by Gasteiger charge is -2.28. The summed E-state index contributed by atoms with van der Waals surface area (Å²) in [6, 6.07) is 0.995. The molecule has 0 aromatic heterocycles. The maximum absolute atomic E-state index is 12.2. The quantitative estimate of drug-likeness (QED) is 0.792. The van der Waals surface area contributed by atoms with Crippen LogP contribution < -0.4 is 5.32 Å². The van der Waals surface area contributed by atoms with Crippen LogP contribution in [0.3, 0.4) is 0 Å². The van der Waals surface area contributed by atoms with Crippen LogP contribution in [0.5, 0.6) is 0 Å². The molecule has 0 bridgehead atoms. The van der Waals surface area contributed by atoms with E-state index in [0.29, 0.717) is 23.9 Å². The Morgan fingerprint density at radius 3 is 2.62 bits per heavy atom. The van der Waals surface area contributed by atoms with Gasteiger partial charge in [-0.15, -0.1) is 0 Å². The minimum Gasteiger partial charge on any atom is -0.338 e. The standard InChI is InChI=1S/C13H24N2O/c1-9(2)14-11-7-8-15(13(11)16)12-6-4-5-10(12)3/h9-12,14H,4-8H2,1-3H3. The van der Waals surface area contributed by atoms with Gasteiger partial charge in [0.1, 0.15) is 0 Å². The maximum Gasteiger partial charge on any atom is 0.240 e. The number of likely N-dealkylation sites (tertiary alicyclic amines) is 1. The Morgan fingerprint density at radius 2 is 2.06 bits per heavy atom. The van der Waals surface area contributed by atoms with E-state index in [9.17, 15) is 4.79 Å². The number of nitrogens with zero attached hydrogens (tertiary/aromatic N) is 1. The van der Waals surface area contributed by atoms with Gasteiger partial charge >= 0.3 is 0 Å².